The first-order chi connectivity index (χ1) is 14.3. The molecule has 30 heavy (non-hydrogen) atoms. The van der Waals surface area contributed by atoms with Crippen molar-refractivity contribution in [3.8, 4) is 0 Å². The molecule has 2 amide bonds. The van der Waals surface area contributed by atoms with Crippen LogP contribution in [0.3, 0.4) is 0 Å². The number of nitrogens with one attached hydrogen (secondary N) is 1. The van der Waals surface area contributed by atoms with Crippen molar-refractivity contribution in [3.63, 3.8) is 0 Å². The lowest BCUT2D eigenvalue weighted by Crippen LogP contribution is -2.45. The van der Waals surface area contributed by atoms with Crippen LogP contribution in [0.15, 0.2) is 48.5 Å². The Kier molecular flexibility index (Phi) is 7.00. The summed E-state index contributed by atoms with van der Waals surface area (Å²) in [7, 11) is 0. The highest BCUT2D eigenvalue weighted by molar-refractivity contribution is 5.74. The predicted octanol–water partition coefficient (Wildman–Crippen LogP) is 6.10. The third-order valence-corrected chi connectivity index (χ3v) is 5.56. The van der Waals surface area contributed by atoms with Crippen LogP contribution in [0.2, 0.25) is 0 Å². The zero-order chi connectivity index (χ0) is 21.7. The van der Waals surface area contributed by atoms with Gasteiger partial charge in [0.25, 0.3) is 0 Å². The molecule has 0 aromatic heterocycles. The molecule has 0 bridgehead atoms. The molecule has 0 radical (unpaired) electrons. The third kappa shape index (κ3) is 5.32. The molecule has 1 aliphatic rings. The Labute approximate surface area is 174 Å². The van der Waals surface area contributed by atoms with E-state index in [9.17, 15) is 22.4 Å². The molecule has 7 heteroatoms. The van der Waals surface area contributed by atoms with Crippen molar-refractivity contribution in [1.29, 1.82) is 0 Å². The molecule has 3 rings (SSSR count). The molecule has 0 saturated heterocycles. The molecule has 162 valence electrons. The van der Waals surface area contributed by atoms with Crippen LogP contribution in [0.4, 0.5) is 22.4 Å². The monoisotopic (exact) mass is 422 g/mol. The molecule has 2 aromatic carbocycles. The van der Waals surface area contributed by atoms with Crippen molar-refractivity contribution >= 4 is 6.03 Å². The number of carbonyl (C=O) groups excluding carboxylic acids is 1. The molecule has 0 spiro atoms. The molecule has 2 atom stereocenters. The molecule has 2 unspecified atom stereocenters. The minimum absolute atomic E-state index is 0.244. The standard InChI is InChI=1S/C23H26F4N2O/c1-2-14-29(15-16-10-12-17(24)13-11-16)22(30)28-21-9-5-7-19(21)18-6-3-4-8-20(18)23(25,26)27/h3-4,6,8,10-13,19,21H,2,5,7,9,14-15H2,1H3,(H,28,30). The number of carbonyl (C=O) groups is 1. The summed E-state index contributed by atoms with van der Waals surface area (Å²) in [5, 5.41) is 2.97. The summed E-state index contributed by atoms with van der Waals surface area (Å²) >= 11 is 0. The smallest absolute Gasteiger partial charge is 0.335 e. The average Bonchev–Trinajstić information content (AvgIpc) is 3.16. The predicted molar refractivity (Wildman–Crippen MR) is 107 cm³/mol. The Hall–Kier alpha value is -2.57. The number of urea groups is 1. The maximum absolute atomic E-state index is 13.5. The minimum atomic E-state index is -4.43. The Balaban J connectivity index is 1.75. The van der Waals surface area contributed by atoms with E-state index in [0.717, 1.165) is 24.5 Å². The molecule has 1 fully saturated rings. The summed E-state index contributed by atoms with van der Waals surface area (Å²) in [4.78, 5) is 14.6. The zero-order valence-electron chi connectivity index (χ0n) is 16.9. The van der Waals surface area contributed by atoms with Crippen LogP contribution in [0.5, 0.6) is 0 Å². The van der Waals surface area contributed by atoms with E-state index in [4.69, 9.17) is 0 Å². The topological polar surface area (TPSA) is 32.3 Å². The highest BCUT2D eigenvalue weighted by atomic mass is 19.4. The van der Waals surface area contributed by atoms with Gasteiger partial charge in [-0.2, -0.15) is 13.2 Å². The van der Waals surface area contributed by atoms with Gasteiger partial charge in [-0.3, -0.25) is 0 Å². The van der Waals surface area contributed by atoms with E-state index in [1.54, 1.807) is 23.1 Å². The fourth-order valence-electron chi connectivity index (χ4n) is 4.17. The summed E-state index contributed by atoms with van der Waals surface area (Å²) in [5.74, 6) is -0.719. The van der Waals surface area contributed by atoms with Gasteiger partial charge in [-0.05, 0) is 48.6 Å². The number of nitrogens with zero attached hydrogens (tertiary/aromatic N) is 1. The molecule has 1 aliphatic carbocycles. The summed E-state index contributed by atoms with van der Waals surface area (Å²) < 4.78 is 53.6. The van der Waals surface area contributed by atoms with Crippen LogP contribution >= 0.6 is 0 Å². The second-order valence-corrected chi connectivity index (χ2v) is 7.73. The highest BCUT2D eigenvalue weighted by Crippen LogP contribution is 2.41. The Morgan fingerprint density at radius 3 is 2.47 bits per heavy atom. The first-order valence-electron chi connectivity index (χ1n) is 10.3. The molecule has 0 aliphatic heterocycles. The average molecular weight is 422 g/mol. The number of hydrogen-bond donors (Lipinski definition) is 1. The van der Waals surface area contributed by atoms with Crippen LogP contribution in [0.1, 0.15) is 55.2 Å². The van der Waals surface area contributed by atoms with E-state index in [2.05, 4.69) is 5.32 Å². The lowest BCUT2D eigenvalue weighted by molar-refractivity contribution is -0.138. The van der Waals surface area contributed by atoms with E-state index in [1.807, 2.05) is 6.92 Å². The fraction of sp³-hybridized carbons (Fsp3) is 0.435. The third-order valence-electron chi connectivity index (χ3n) is 5.56. The number of rotatable bonds is 6. The minimum Gasteiger partial charge on any atom is -0.335 e. The van der Waals surface area contributed by atoms with Gasteiger partial charge < -0.3 is 10.2 Å². The molecule has 2 aromatic rings. The molecule has 0 heterocycles. The van der Waals surface area contributed by atoms with Crippen LogP contribution in [0.25, 0.3) is 0 Å². The van der Waals surface area contributed by atoms with Gasteiger partial charge in [0.1, 0.15) is 5.82 Å². The molecular formula is C23H26F4N2O. The largest absolute Gasteiger partial charge is 0.416 e. The summed E-state index contributed by atoms with van der Waals surface area (Å²) in [5.41, 5.74) is 0.409. The van der Waals surface area contributed by atoms with Gasteiger partial charge >= 0.3 is 12.2 Å². The van der Waals surface area contributed by atoms with Crippen molar-refractivity contribution in [1.82, 2.24) is 10.2 Å². The Morgan fingerprint density at radius 2 is 1.80 bits per heavy atom. The zero-order valence-corrected chi connectivity index (χ0v) is 16.9. The van der Waals surface area contributed by atoms with E-state index in [-0.39, 0.29) is 29.4 Å². The van der Waals surface area contributed by atoms with Gasteiger partial charge in [0, 0.05) is 25.0 Å². The summed E-state index contributed by atoms with van der Waals surface area (Å²) in [6.45, 7) is 2.76. The second kappa shape index (κ2) is 9.49. The quantitative estimate of drug-likeness (QED) is 0.561. The summed E-state index contributed by atoms with van der Waals surface area (Å²) in [6, 6.07) is 10.9. The van der Waals surface area contributed by atoms with Crippen LogP contribution < -0.4 is 5.32 Å². The van der Waals surface area contributed by atoms with Gasteiger partial charge in [0.15, 0.2) is 0 Å². The highest BCUT2D eigenvalue weighted by Gasteiger charge is 2.39. The number of alkyl halides is 3. The SMILES string of the molecule is CCCN(Cc1ccc(F)cc1)C(=O)NC1CCCC1c1ccccc1C(F)(F)F. The Morgan fingerprint density at radius 1 is 1.10 bits per heavy atom. The first-order valence-corrected chi connectivity index (χ1v) is 10.3. The van der Waals surface area contributed by atoms with E-state index >= 15 is 0 Å². The van der Waals surface area contributed by atoms with Crippen molar-refractivity contribution in [2.24, 2.45) is 0 Å². The number of benzene rings is 2. The number of hydrogen-bond acceptors (Lipinski definition) is 1. The Bertz CT molecular complexity index is 851. The van der Waals surface area contributed by atoms with Crippen LogP contribution in [0, 0.1) is 5.82 Å². The van der Waals surface area contributed by atoms with Gasteiger partial charge in [0.2, 0.25) is 0 Å². The van der Waals surface area contributed by atoms with Crippen molar-refractivity contribution in [2.45, 2.75) is 57.3 Å². The first kappa shape index (κ1) is 22.1. The lowest BCUT2D eigenvalue weighted by atomic mass is 9.90. The summed E-state index contributed by atoms with van der Waals surface area (Å²) in [6.07, 6.45) is -1.69. The van der Waals surface area contributed by atoms with E-state index < -0.39 is 11.7 Å². The van der Waals surface area contributed by atoms with Crippen LogP contribution in [-0.2, 0) is 12.7 Å². The van der Waals surface area contributed by atoms with Crippen molar-refractivity contribution in [3.05, 3.63) is 71.0 Å². The van der Waals surface area contributed by atoms with Crippen LogP contribution in [-0.4, -0.2) is 23.5 Å². The van der Waals surface area contributed by atoms with Crippen molar-refractivity contribution in [2.75, 3.05) is 6.54 Å². The fourth-order valence-corrected chi connectivity index (χ4v) is 4.17. The molecule has 3 nitrogen and oxygen atoms in total. The normalized spacial score (nSPS) is 19.0. The second-order valence-electron chi connectivity index (χ2n) is 7.73. The molecular weight excluding hydrogens is 396 g/mol. The van der Waals surface area contributed by atoms with Gasteiger partial charge in [0.05, 0.1) is 5.56 Å². The lowest BCUT2D eigenvalue weighted by Gasteiger charge is -2.28. The van der Waals surface area contributed by atoms with Gasteiger partial charge in [-0.1, -0.05) is 43.7 Å². The van der Waals surface area contributed by atoms with Gasteiger partial charge in [-0.25, -0.2) is 9.18 Å². The van der Waals surface area contributed by atoms with Gasteiger partial charge in [-0.15, -0.1) is 0 Å². The van der Waals surface area contributed by atoms with E-state index in [1.165, 1.54) is 24.3 Å². The van der Waals surface area contributed by atoms with Crippen molar-refractivity contribution < 1.29 is 22.4 Å². The molecule has 1 saturated carbocycles. The maximum atomic E-state index is 13.5. The molecule has 1 N–H and O–H groups in total. The van der Waals surface area contributed by atoms with E-state index in [0.29, 0.717) is 25.9 Å². The maximum Gasteiger partial charge on any atom is 0.416 e. The number of halogens is 4. The number of amides is 2.